The molecule has 9 heteroatoms. The molecule has 3 atom stereocenters. The molecular formula is C23H26N4O3S2. The molecule has 7 nitrogen and oxygen atoms in total. The van der Waals surface area contributed by atoms with Crippen molar-refractivity contribution in [3.8, 4) is 0 Å². The molecule has 168 valence electrons. The van der Waals surface area contributed by atoms with Crippen LogP contribution < -0.4 is 16.0 Å². The van der Waals surface area contributed by atoms with E-state index in [0.29, 0.717) is 24.4 Å². The third-order valence-corrected chi connectivity index (χ3v) is 7.39. The lowest BCUT2D eigenvalue weighted by Crippen LogP contribution is -2.61. The van der Waals surface area contributed by atoms with Crippen molar-refractivity contribution in [2.45, 2.75) is 35.2 Å². The largest absolute Gasteiger partial charge is 0.342 e. The Hall–Kier alpha value is -2.65. The van der Waals surface area contributed by atoms with E-state index in [1.165, 1.54) is 5.56 Å². The second kappa shape index (κ2) is 10.3. The second-order valence-electron chi connectivity index (χ2n) is 7.83. The first-order chi connectivity index (χ1) is 15.5. The van der Waals surface area contributed by atoms with Gasteiger partial charge in [0.15, 0.2) is 0 Å². The number of amides is 4. The molecule has 0 spiro atoms. The Morgan fingerprint density at radius 3 is 2.75 bits per heavy atom. The summed E-state index contributed by atoms with van der Waals surface area (Å²) in [5, 5.41) is 8.60. The summed E-state index contributed by atoms with van der Waals surface area (Å²) < 4.78 is 0. The van der Waals surface area contributed by atoms with E-state index in [2.05, 4.69) is 16.0 Å². The fourth-order valence-corrected chi connectivity index (χ4v) is 5.46. The fourth-order valence-electron chi connectivity index (χ4n) is 4.00. The van der Waals surface area contributed by atoms with Crippen LogP contribution in [-0.4, -0.2) is 59.4 Å². The Labute approximate surface area is 196 Å². The highest BCUT2D eigenvalue weighted by atomic mass is 32.2. The van der Waals surface area contributed by atoms with Gasteiger partial charge in [0, 0.05) is 28.6 Å². The molecule has 2 heterocycles. The lowest BCUT2D eigenvalue weighted by molar-refractivity contribution is -0.146. The number of nitrogens with zero attached hydrogens (tertiary/aromatic N) is 1. The molecule has 0 unspecified atom stereocenters. The van der Waals surface area contributed by atoms with E-state index in [0.717, 1.165) is 10.6 Å². The van der Waals surface area contributed by atoms with E-state index in [1.54, 1.807) is 28.4 Å². The summed E-state index contributed by atoms with van der Waals surface area (Å²) in [6.45, 7) is 0.342. The van der Waals surface area contributed by atoms with Crippen molar-refractivity contribution in [1.29, 1.82) is 0 Å². The van der Waals surface area contributed by atoms with Crippen LogP contribution in [-0.2, 0) is 15.3 Å². The average Bonchev–Trinajstić information content (AvgIpc) is 3.22. The molecule has 2 aromatic rings. The molecule has 0 aromatic heterocycles. The molecule has 2 aliphatic heterocycles. The van der Waals surface area contributed by atoms with Gasteiger partial charge in [0.05, 0.1) is 6.04 Å². The monoisotopic (exact) mass is 470 g/mol. The van der Waals surface area contributed by atoms with Gasteiger partial charge in [-0.15, -0.1) is 11.8 Å². The molecule has 0 bridgehead atoms. The topological polar surface area (TPSA) is 90.5 Å². The van der Waals surface area contributed by atoms with Crippen LogP contribution in [0.2, 0.25) is 0 Å². The molecule has 0 saturated carbocycles. The first kappa shape index (κ1) is 22.5. The zero-order chi connectivity index (χ0) is 22.5. The molecule has 2 fully saturated rings. The lowest BCUT2D eigenvalue weighted by Gasteiger charge is -2.34. The van der Waals surface area contributed by atoms with Gasteiger partial charge < -0.3 is 20.9 Å². The maximum atomic E-state index is 13.0. The molecule has 0 aliphatic carbocycles. The summed E-state index contributed by atoms with van der Waals surface area (Å²) in [6, 6.07) is 16.0. The Morgan fingerprint density at radius 2 is 1.97 bits per heavy atom. The number of piperazine rings is 1. The van der Waals surface area contributed by atoms with Crippen molar-refractivity contribution in [3.05, 3.63) is 60.2 Å². The number of thioether (sulfide) groups is 2. The summed E-state index contributed by atoms with van der Waals surface area (Å²) in [5.41, 5.74) is 1.89. The zero-order valence-corrected chi connectivity index (χ0v) is 19.4. The first-order valence-electron chi connectivity index (χ1n) is 10.5. The van der Waals surface area contributed by atoms with E-state index < -0.39 is 12.1 Å². The number of hydrogen-bond acceptors (Lipinski definition) is 5. The number of rotatable bonds is 7. The van der Waals surface area contributed by atoms with Crippen molar-refractivity contribution in [1.82, 2.24) is 15.5 Å². The maximum absolute atomic E-state index is 13.0. The van der Waals surface area contributed by atoms with Gasteiger partial charge in [0.2, 0.25) is 11.8 Å². The SMILES string of the molecule is CSc1cccc(NC(=O)N[C@H]2C[C@H]3C(=O)N[C@@H](CSCc4ccccc4)C(=O)N3C2)c1. The van der Waals surface area contributed by atoms with Crippen LogP contribution in [0.1, 0.15) is 12.0 Å². The van der Waals surface area contributed by atoms with Crippen molar-refractivity contribution in [2.75, 3.05) is 23.9 Å². The summed E-state index contributed by atoms with van der Waals surface area (Å²) in [6.07, 6.45) is 2.39. The number of carbonyl (C=O) groups is 3. The zero-order valence-electron chi connectivity index (χ0n) is 17.7. The maximum Gasteiger partial charge on any atom is 0.319 e. The number of benzene rings is 2. The molecular weight excluding hydrogens is 444 g/mol. The summed E-state index contributed by atoms with van der Waals surface area (Å²) in [4.78, 5) is 40.7. The number of hydrogen-bond donors (Lipinski definition) is 3. The minimum absolute atomic E-state index is 0.0764. The number of fused-ring (bicyclic) bond motifs is 1. The molecule has 32 heavy (non-hydrogen) atoms. The van der Waals surface area contributed by atoms with Crippen LogP contribution in [0, 0.1) is 0 Å². The summed E-state index contributed by atoms with van der Waals surface area (Å²) in [7, 11) is 0. The molecule has 0 radical (unpaired) electrons. The Morgan fingerprint density at radius 1 is 1.16 bits per heavy atom. The number of carbonyl (C=O) groups excluding carboxylic acids is 3. The number of urea groups is 1. The molecule has 4 rings (SSSR count). The van der Waals surface area contributed by atoms with Crippen molar-refractivity contribution < 1.29 is 14.4 Å². The highest BCUT2D eigenvalue weighted by Crippen LogP contribution is 2.25. The molecule has 4 amide bonds. The van der Waals surface area contributed by atoms with Crippen molar-refractivity contribution in [3.63, 3.8) is 0 Å². The lowest BCUT2D eigenvalue weighted by atomic mass is 10.1. The third kappa shape index (κ3) is 5.39. The van der Waals surface area contributed by atoms with E-state index in [1.807, 2.05) is 60.9 Å². The first-order valence-corrected chi connectivity index (χ1v) is 12.9. The fraction of sp³-hybridized carbons (Fsp3) is 0.348. The predicted molar refractivity (Wildman–Crippen MR) is 129 cm³/mol. The minimum atomic E-state index is -0.533. The van der Waals surface area contributed by atoms with Gasteiger partial charge in [-0.3, -0.25) is 9.59 Å². The number of nitrogens with one attached hydrogen (secondary N) is 3. The van der Waals surface area contributed by atoms with Crippen molar-refractivity contribution in [2.24, 2.45) is 0 Å². The normalized spacial score (nSPS) is 22.3. The predicted octanol–water partition coefficient (Wildman–Crippen LogP) is 2.93. The Bertz CT molecular complexity index is 988. The molecule has 2 aliphatic rings. The van der Waals surface area contributed by atoms with Crippen LogP contribution in [0.3, 0.4) is 0 Å². The smallest absolute Gasteiger partial charge is 0.319 e. The van der Waals surface area contributed by atoms with Gasteiger partial charge in [0.25, 0.3) is 0 Å². The van der Waals surface area contributed by atoms with Gasteiger partial charge in [-0.1, -0.05) is 36.4 Å². The van der Waals surface area contributed by atoms with Gasteiger partial charge in [-0.25, -0.2) is 4.79 Å². The van der Waals surface area contributed by atoms with Crippen LogP contribution in [0.15, 0.2) is 59.5 Å². The minimum Gasteiger partial charge on any atom is -0.342 e. The van der Waals surface area contributed by atoms with E-state index in [4.69, 9.17) is 0 Å². The van der Waals surface area contributed by atoms with E-state index in [9.17, 15) is 14.4 Å². The van der Waals surface area contributed by atoms with Gasteiger partial charge in [0.1, 0.15) is 12.1 Å². The van der Waals surface area contributed by atoms with Crippen LogP contribution in [0.25, 0.3) is 0 Å². The summed E-state index contributed by atoms with van der Waals surface area (Å²) in [5.74, 6) is 1.08. The van der Waals surface area contributed by atoms with Gasteiger partial charge in [-0.05, 0) is 36.4 Å². The van der Waals surface area contributed by atoms with Gasteiger partial charge >= 0.3 is 6.03 Å². The quantitative estimate of drug-likeness (QED) is 0.542. The van der Waals surface area contributed by atoms with E-state index in [-0.39, 0.29) is 23.9 Å². The molecule has 2 saturated heterocycles. The number of anilines is 1. The molecule has 3 N–H and O–H groups in total. The third-order valence-electron chi connectivity index (χ3n) is 5.56. The second-order valence-corrected chi connectivity index (χ2v) is 9.74. The highest BCUT2D eigenvalue weighted by Gasteiger charge is 2.46. The highest BCUT2D eigenvalue weighted by molar-refractivity contribution is 7.98. The van der Waals surface area contributed by atoms with Crippen LogP contribution >= 0.6 is 23.5 Å². The Kier molecular flexibility index (Phi) is 7.26. The van der Waals surface area contributed by atoms with Crippen LogP contribution in [0.4, 0.5) is 10.5 Å². The van der Waals surface area contributed by atoms with Crippen molar-refractivity contribution >= 4 is 47.1 Å². The van der Waals surface area contributed by atoms with Gasteiger partial charge in [-0.2, -0.15) is 11.8 Å². The standard InChI is InChI=1S/C23H26N4O3S2/c1-31-18-9-5-8-16(10-18)24-23(30)25-17-11-20-21(28)26-19(22(29)27(20)12-17)14-32-13-15-6-3-2-4-7-15/h2-10,17,19-20H,11-14H2,1H3,(H,26,28)(H2,24,25,30)/t17-,19-,20-/m0/s1. The molecule has 2 aromatic carbocycles. The van der Waals surface area contributed by atoms with E-state index >= 15 is 0 Å². The van der Waals surface area contributed by atoms with Crippen LogP contribution in [0.5, 0.6) is 0 Å². The Balaban J connectivity index is 1.29. The average molecular weight is 471 g/mol. The summed E-state index contributed by atoms with van der Waals surface area (Å²) >= 11 is 3.22.